The van der Waals surface area contributed by atoms with Crippen LogP contribution in [0.15, 0.2) is 24.3 Å². The molecule has 0 spiro atoms. The summed E-state index contributed by atoms with van der Waals surface area (Å²) in [5, 5.41) is 1.17. The number of fused-ring (bicyclic) bond motifs is 1. The van der Waals surface area contributed by atoms with Gasteiger partial charge in [-0.2, -0.15) is 0 Å². The standard InChI is InChI=1S/C12H16N2O/c1-8(13)6-10-7-9-4-3-5-11(15-2)12(9)14-10/h3-5,7-8,14H,6,13H2,1-2H3. The fourth-order valence-electron chi connectivity index (χ4n) is 1.81. The number of methoxy groups -OCH3 is 1. The first-order chi connectivity index (χ1) is 7.20. The summed E-state index contributed by atoms with van der Waals surface area (Å²) in [6, 6.07) is 8.31. The summed E-state index contributed by atoms with van der Waals surface area (Å²) in [5.74, 6) is 0.878. The van der Waals surface area contributed by atoms with Crippen molar-refractivity contribution in [3.8, 4) is 5.75 Å². The predicted molar refractivity (Wildman–Crippen MR) is 62.2 cm³/mol. The summed E-state index contributed by atoms with van der Waals surface area (Å²) in [6.45, 7) is 2.00. The fourth-order valence-corrected chi connectivity index (χ4v) is 1.81. The first kappa shape index (κ1) is 10.1. The van der Waals surface area contributed by atoms with Crippen molar-refractivity contribution in [3.05, 3.63) is 30.0 Å². The molecule has 1 aromatic carbocycles. The van der Waals surface area contributed by atoms with Gasteiger partial charge in [-0.1, -0.05) is 12.1 Å². The second-order valence-electron chi connectivity index (χ2n) is 3.90. The highest BCUT2D eigenvalue weighted by Gasteiger charge is 2.06. The summed E-state index contributed by atoms with van der Waals surface area (Å²) in [6.07, 6.45) is 0.859. The second kappa shape index (κ2) is 3.95. The number of para-hydroxylation sites is 1. The van der Waals surface area contributed by atoms with E-state index in [0.717, 1.165) is 23.4 Å². The Balaban J connectivity index is 2.45. The van der Waals surface area contributed by atoms with Gasteiger partial charge in [-0.3, -0.25) is 0 Å². The molecule has 3 nitrogen and oxygen atoms in total. The molecule has 1 aromatic heterocycles. The number of hydrogen-bond donors (Lipinski definition) is 2. The summed E-state index contributed by atoms with van der Waals surface area (Å²) in [5.41, 5.74) is 7.97. The van der Waals surface area contributed by atoms with Gasteiger partial charge < -0.3 is 15.5 Å². The van der Waals surface area contributed by atoms with Gasteiger partial charge in [-0.05, 0) is 19.1 Å². The van der Waals surface area contributed by atoms with Crippen molar-refractivity contribution in [2.75, 3.05) is 7.11 Å². The van der Waals surface area contributed by atoms with E-state index in [1.54, 1.807) is 7.11 Å². The molecule has 15 heavy (non-hydrogen) atoms. The Labute approximate surface area is 89.2 Å². The lowest BCUT2D eigenvalue weighted by Crippen LogP contribution is -2.17. The fraction of sp³-hybridized carbons (Fsp3) is 0.333. The molecule has 0 aliphatic heterocycles. The molecule has 3 heteroatoms. The molecule has 0 aliphatic carbocycles. The first-order valence-corrected chi connectivity index (χ1v) is 5.11. The van der Waals surface area contributed by atoms with Crippen molar-refractivity contribution < 1.29 is 4.74 Å². The molecule has 3 N–H and O–H groups in total. The van der Waals surface area contributed by atoms with Gasteiger partial charge in [0.05, 0.1) is 12.6 Å². The van der Waals surface area contributed by atoms with Crippen LogP contribution >= 0.6 is 0 Å². The van der Waals surface area contributed by atoms with E-state index in [1.165, 1.54) is 5.39 Å². The summed E-state index contributed by atoms with van der Waals surface area (Å²) in [4.78, 5) is 3.34. The minimum absolute atomic E-state index is 0.170. The van der Waals surface area contributed by atoms with Crippen LogP contribution in [0.4, 0.5) is 0 Å². The van der Waals surface area contributed by atoms with Crippen LogP contribution in [0, 0.1) is 0 Å². The van der Waals surface area contributed by atoms with Gasteiger partial charge in [0.25, 0.3) is 0 Å². The molecule has 2 aromatic rings. The SMILES string of the molecule is COc1cccc2cc(CC(C)N)[nH]c12. The Morgan fingerprint density at radius 1 is 1.47 bits per heavy atom. The van der Waals surface area contributed by atoms with E-state index < -0.39 is 0 Å². The van der Waals surface area contributed by atoms with Crippen LogP contribution in [0.5, 0.6) is 5.75 Å². The van der Waals surface area contributed by atoms with Crippen LogP contribution in [-0.4, -0.2) is 18.1 Å². The van der Waals surface area contributed by atoms with Crippen LogP contribution in [0.25, 0.3) is 10.9 Å². The number of hydrogen-bond acceptors (Lipinski definition) is 2. The molecule has 0 aliphatic rings. The number of ether oxygens (including phenoxy) is 1. The third kappa shape index (κ3) is 1.97. The number of benzene rings is 1. The van der Waals surface area contributed by atoms with Crippen LogP contribution in [-0.2, 0) is 6.42 Å². The molecule has 0 saturated heterocycles. The van der Waals surface area contributed by atoms with Gasteiger partial charge in [0, 0.05) is 23.5 Å². The van der Waals surface area contributed by atoms with Crippen molar-refractivity contribution in [1.29, 1.82) is 0 Å². The third-order valence-electron chi connectivity index (χ3n) is 2.44. The minimum atomic E-state index is 0.170. The molecular formula is C12H16N2O. The lowest BCUT2D eigenvalue weighted by Gasteiger charge is -2.01. The average molecular weight is 204 g/mol. The minimum Gasteiger partial charge on any atom is -0.495 e. The van der Waals surface area contributed by atoms with Gasteiger partial charge >= 0.3 is 0 Å². The van der Waals surface area contributed by atoms with Crippen molar-refractivity contribution in [3.63, 3.8) is 0 Å². The van der Waals surface area contributed by atoms with E-state index in [1.807, 2.05) is 19.1 Å². The number of aromatic amines is 1. The number of nitrogens with one attached hydrogen (secondary N) is 1. The molecule has 1 unspecified atom stereocenters. The van der Waals surface area contributed by atoms with Crippen molar-refractivity contribution in [1.82, 2.24) is 4.98 Å². The quantitative estimate of drug-likeness (QED) is 0.804. The topological polar surface area (TPSA) is 51.0 Å². The molecule has 1 atom stereocenters. The lowest BCUT2D eigenvalue weighted by molar-refractivity contribution is 0.419. The monoisotopic (exact) mass is 204 g/mol. The largest absolute Gasteiger partial charge is 0.495 e. The van der Waals surface area contributed by atoms with E-state index in [0.29, 0.717) is 0 Å². The van der Waals surface area contributed by atoms with E-state index in [2.05, 4.69) is 17.1 Å². The van der Waals surface area contributed by atoms with Gasteiger partial charge in [0.2, 0.25) is 0 Å². The van der Waals surface area contributed by atoms with E-state index in [9.17, 15) is 0 Å². The highest BCUT2D eigenvalue weighted by molar-refractivity contribution is 5.86. The molecular weight excluding hydrogens is 188 g/mol. The second-order valence-corrected chi connectivity index (χ2v) is 3.90. The number of H-pyrrole nitrogens is 1. The van der Waals surface area contributed by atoms with E-state index in [-0.39, 0.29) is 6.04 Å². The van der Waals surface area contributed by atoms with Crippen LogP contribution in [0.2, 0.25) is 0 Å². The molecule has 0 amide bonds. The zero-order valence-electron chi connectivity index (χ0n) is 9.08. The summed E-state index contributed by atoms with van der Waals surface area (Å²) in [7, 11) is 1.68. The van der Waals surface area contributed by atoms with Crippen molar-refractivity contribution in [2.24, 2.45) is 5.73 Å². The zero-order valence-corrected chi connectivity index (χ0v) is 9.08. The normalized spacial score (nSPS) is 13.0. The smallest absolute Gasteiger partial charge is 0.142 e. The molecule has 0 fully saturated rings. The molecule has 80 valence electrons. The Bertz CT molecular complexity index is 460. The maximum Gasteiger partial charge on any atom is 0.142 e. The zero-order chi connectivity index (χ0) is 10.8. The molecule has 0 bridgehead atoms. The van der Waals surface area contributed by atoms with Crippen LogP contribution in [0.3, 0.4) is 0 Å². The van der Waals surface area contributed by atoms with Gasteiger partial charge in [-0.25, -0.2) is 0 Å². The van der Waals surface area contributed by atoms with Crippen molar-refractivity contribution in [2.45, 2.75) is 19.4 Å². The summed E-state index contributed by atoms with van der Waals surface area (Å²) >= 11 is 0. The van der Waals surface area contributed by atoms with Crippen LogP contribution in [0.1, 0.15) is 12.6 Å². The van der Waals surface area contributed by atoms with Gasteiger partial charge in [0.1, 0.15) is 5.75 Å². The Kier molecular flexibility index (Phi) is 2.64. The number of nitrogens with two attached hydrogens (primary N) is 1. The molecule has 0 radical (unpaired) electrons. The average Bonchev–Trinajstić information content (AvgIpc) is 2.58. The van der Waals surface area contributed by atoms with E-state index >= 15 is 0 Å². The first-order valence-electron chi connectivity index (χ1n) is 5.11. The maximum absolute atomic E-state index is 5.77. The third-order valence-corrected chi connectivity index (χ3v) is 2.44. The number of rotatable bonds is 3. The van der Waals surface area contributed by atoms with Gasteiger partial charge in [0.15, 0.2) is 0 Å². The highest BCUT2D eigenvalue weighted by Crippen LogP contribution is 2.25. The Morgan fingerprint density at radius 2 is 2.27 bits per heavy atom. The Morgan fingerprint density at radius 3 is 2.93 bits per heavy atom. The van der Waals surface area contributed by atoms with E-state index in [4.69, 9.17) is 10.5 Å². The number of aromatic nitrogens is 1. The lowest BCUT2D eigenvalue weighted by atomic mass is 10.2. The highest BCUT2D eigenvalue weighted by atomic mass is 16.5. The molecule has 0 saturated carbocycles. The van der Waals surface area contributed by atoms with Gasteiger partial charge in [-0.15, -0.1) is 0 Å². The predicted octanol–water partition coefficient (Wildman–Crippen LogP) is 2.07. The molecule has 2 rings (SSSR count). The summed E-state index contributed by atoms with van der Waals surface area (Å²) < 4.78 is 5.28. The maximum atomic E-state index is 5.77. The van der Waals surface area contributed by atoms with Crippen LogP contribution < -0.4 is 10.5 Å². The van der Waals surface area contributed by atoms with Crippen molar-refractivity contribution >= 4 is 10.9 Å². The molecule has 1 heterocycles. The Hall–Kier alpha value is -1.48.